The molecular weight excluding hydrogens is 236 g/mol. The average Bonchev–Trinajstić information content (AvgIpc) is 2.47. The standard InChI is InChI=1S/C15H14N4/c16-9-12-5-7-18-15(14(12)17)19-8-6-11-3-1-2-4-13(11)10-19/h1-5,7H,6,8,10,17H2. The Balaban J connectivity index is 1.96. The van der Waals surface area contributed by atoms with Crippen molar-refractivity contribution in [3.63, 3.8) is 0 Å². The molecule has 0 radical (unpaired) electrons. The van der Waals surface area contributed by atoms with Crippen molar-refractivity contribution in [3.05, 3.63) is 53.2 Å². The van der Waals surface area contributed by atoms with Gasteiger partial charge in [-0.3, -0.25) is 0 Å². The van der Waals surface area contributed by atoms with E-state index in [0.717, 1.165) is 19.5 Å². The Hall–Kier alpha value is -2.54. The topological polar surface area (TPSA) is 65.9 Å². The number of nitriles is 1. The summed E-state index contributed by atoms with van der Waals surface area (Å²) in [6.07, 6.45) is 2.62. The van der Waals surface area contributed by atoms with Crippen LogP contribution in [0.15, 0.2) is 36.5 Å². The summed E-state index contributed by atoms with van der Waals surface area (Å²) in [4.78, 5) is 6.47. The van der Waals surface area contributed by atoms with Gasteiger partial charge in [-0.15, -0.1) is 0 Å². The van der Waals surface area contributed by atoms with Crippen LogP contribution in [0.4, 0.5) is 11.5 Å². The smallest absolute Gasteiger partial charge is 0.153 e. The minimum Gasteiger partial charge on any atom is -0.395 e. The summed E-state index contributed by atoms with van der Waals surface area (Å²) in [5, 5.41) is 9.02. The number of rotatable bonds is 1. The molecule has 2 aromatic rings. The summed E-state index contributed by atoms with van der Waals surface area (Å²) < 4.78 is 0. The van der Waals surface area contributed by atoms with E-state index >= 15 is 0 Å². The second-order valence-electron chi connectivity index (χ2n) is 4.65. The Morgan fingerprint density at radius 2 is 2.00 bits per heavy atom. The lowest BCUT2D eigenvalue weighted by Crippen LogP contribution is -2.31. The summed E-state index contributed by atoms with van der Waals surface area (Å²) in [7, 11) is 0. The van der Waals surface area contributed by atoms with Crippen molar-refractivity contribution in [1.29, 1.82) is 5.26 Å². The minimum atomic E-state index is 0.476. The lowest BCUT2D eigenvalue weighted by atomic mass is 10.00. The number of benzene rings is 1. The molecule has 1 aromatic carbocycles. The van der Waals surface area contributed by atoms with Gasteiger partial charge in [0.1, 0.15) is 6.07 Å². The van der Waals surface area contributed by atoms with Gasteiger partial charge in [0.05, 0.1) is 11.3 Å². The van der Waals surface area contributed by atoms with Crippen LogP contribution in [0.5, 0.6) is 0 Å². The van der Waals surface area contributed by atoms with E-state index in [4.69, 9.17) is 11.0 Å². The third-order valence-electron chi connectivity index (χ3n) is 3.52. The zero-order valence-electron chi connectivity index (χ0n) is 10.5. The molecule has 0 atom stereocenters. The molecule has 4 nitrogen and oxygen atoms in total. The van der Waals surface area contributed by atoms with Crippen molar-refractivity contribution in [2.75, 3.05) is 17.2 Å². The Bertz CT molecular complexity index is 657. The molecule has 0 saturated heterocycles. The second-order valence-corrected chi connectivity index (χ2v) is 4.65. The first-order valence-electron chi connectivity index (χ1n) is 6.26. The van der Waals surface area contributed by atoms with Crippen molar-refractivity contribution in [3.8, 4) is 6.07 Å². The van der Waals surface area contributed by atoms with Gasteiger partial charge in [-0.1, -0.05) is 24.3 Å². The zero-order chi connectivity index (χ0) is 13.2. The maximum absolute atomic E-state index is 9.02. The number of nitrogens with two attached hydrogens (primary N) is 1. The van der Waals surface area contributed by atoms with Gasteiger partial charge in [-0.25, -0.2) is 4.98 Å². The van der Waals surface area contributed by atoms with Crippen LogP contribution in [0.2, 0.25) is 0 Å². The zero-order valence-corrected chi connectivity index (χ0v) is 10.5. The molecule has 1 aliphatic heterocycles. The van der Waals surface area contributed by atoms with Crippen molar-refractivity contribution < 1.29 is 0 Å². The van der Waals surface area contributed by atoms with Crippen molar-refractivity contribution >= 4 is 11.5 Å². The fourth-order valence-corrected chi connectivity index (χ4v) is 2.49. The summed E-state index contributed by atoms with van der Waals surface area (Å²) in [5.41, 5.74) is 9.67. The van der Waals surface area contributed by atoms with Gasteiger partial charge >= 0.3 is 0 Å². The normalized spacial score (nSPS) is 13.7. The first-order chi connectivity index (χ1) is 9.29. The largest absolute Gasteiger partial charge is 0.395 e. The van der Waals surface area contributed by atoms with Crippen LogP contribution in [0.3, 0.4) is 0 Å². The third kappa shape index (κ3) is 2.00. The summed E-state index contributed by atoms with van der Waals surface area (Å²) >= 11 is 0. The third-order valence-corrected chi connectivity index (χ3v) is 3.52. The molecule has 1 aromatic heterocycles. The van der Waals surface area contributed by atoms with E-state index in [1.54, 1.807) is 12.3 Å². The minimum absolute atomic E-state index is 0.476. The van der Waals surface area contributed by atoms with E-state index in [1.165, 1.54) is 11.1 Å². The van der Waals surface area contributed by atoms with Gasteiger partial charge < -0.3 is 10.6 Å². The van der Waals surface area contributed by atoms with Crippen LogP contribution in [0.25, 0.3) is 0 Å². The molecule has 0 saturated carbocycles. The van der Waals surface area contributed by atoms with Crippen LogP contribution in [-0.4, -0.2) is 11.5 Å². The molecule has 0 amide bonds. The molecule has 0 aliphatic carbocycles. The molecule has 0 fully saturated rings. The van der Waals surface area contributed by atoms with E-state index in [2.05, 4.69) is 34.2 Å². The maximum Gasteiger partial charge on any atom is 0.153 e. The molecule has 4 heteroatoms. The highest BCUT2D eigenvalue weighted by atomic mass is 15.2. The molecule has 2 N–H and O–H groups in total. The Morgan fingerprint density at radius 3 is 2.79 bits per heavy atom. The number of fused-ring (bicyclic) bond motifs is 1. The maximum atomic E-state index is 9.02. The van der Waals surface area contributed by atoms with E-state index < -0.39 is 0 Å². The lowest BCUT2D eigenvalue weighted by Gasteiger charge is -2.30. The molecule has 1 aliphatic rings. The number of hydrogen-bond donors (Lipinski definition) is 1. The van der Waals surface area contributed by atoms with Crippen LogP contribution < -0.4 is 10.6 Å². The highest BCUT2D eigenvalue weighted by Gasteiger charge is 2.19. The van der Waals surface area contributed by atoms with Crippen molar-refractivity contribution in [2.24, 2.45) is 0 Å². The fourth-order valence-electron chi connectivity index (χ4n) is 2.49. The van der Waals surface area contributed by atoms with Gasteiger partial charge in [0.15, 0.2) is 5.82 Å². The number of hydrogen-bond acceptors (Lipinski definition) is 4. The highest BCUT2D eigenvalue weighted by Crippen LogP contribution is 2.28. The van der Waals surface area contributed by atoms with Gasteiger partial charge in [0.2, 0.25) is 0 Å². The monoisotopic (exact) mass is 250 g/mol. The Labute approximate surface area is 112 Å². The Morgan fingerprint density at radius 1 is 1.21 bits per heavy atom. The quantitative estimate of drug-likeness (QED) is 0.841. The molecule has 3 rings (SSSR count). The number of nitrogen functional groups attached to an aromatic ring is 1. The SMILES string of the molecule is N#Cc1ccnc(N2CCc3ccccc3C2)c1N. The van der Waals surface area contributed by atoms with E-state index in [9.17, 15) is 0 Å². The summed E-state index contributed by atoms with van der Waals surface area (Å²) in [6, 6.07) is 12.2. The van der Waals surface area contributed by atoms with Crippen LogP contribution in [0.1, 0.15) is 16.7 Å². The Kier molecular flexibility index (Phi) is 2.81. The fraction of sp³-hybridized carbons (Fsp3) is 0.200. The van der Waals surface area contributed by atoms with Gasteiger partial charge in [-0.05, 0) is 23.6 Å². The molecule has 0 bridgehead atoms. The first-order valence-corrected chi connectivity index (χ1v) is 6.26. The van der Waals surface area contributed by atoms with E-state index in [-0.39, 0.29) is 0 Å². The second kappa shape index (κ2) is 4.62. The van der Waals surface area contributed by atoms with Crippen molar-refractivity contribution in [1.82, 2.24) is 4.98 Å². The molecule has 19 heavy (non-hydrogen) atoms. The predicted molar refractivity (Wildman–Crippen MR) is 74.6 cm³/mol. The molecule has 94 valence electrons. The van der Waals surface area contributed by atoms with Gasteiger partial charge in [0, 0.05) is 19.3 Å². The molecular formula is C15H14N4. The van der Waals surface area contributed by atoms with E-state index in [1.807, 2.05) is 6.07 Å². The van der Waals surface area contributed by atoms with E-state index in [0.29, 0.717) is 17.1 Å². The van der Waals surface area contributed by atoms with Crippen LogP contribution in [0, 0.1) is 11.3 Å². The highest BCUT2D eigenvalue weighted by molar-refractivity contribution is 5.70. The van der Waals surface area contributed by atoms with Gasteiger partial charge in [0.25, 0.3) is 0 Å². The summed E-state index contributed by atoms with van der Waals surface area (Å²) in [6.45, 7) is 1.67. The number of pyridine rings is 1. The van der Waals surface area contributed by atoms with Crippen LogP contribution >= 0.6 is 0 Å². The lowest BCUT2D eigenvalue weighted by molar-refractivity contribution is 0.722. The average molecular weight is 250 g/mol. The van der Waals surface area contributed by atoms with Crippen LogP contribution in [-0.2, 0) is 13.0 Å². The van der Waals surface area contributed by atoms with Gasteiger partial charge in [-0.2, -0.15) is 5.26 Å². The number of anilines is 2. The molecule has 0 unspecified atom stereocenters. The summed E-state index contributed by atoms with van der Waals surface area (Å²) in [5.74, 6) is 0.716. The number of aromatic nitrogens is 1. The predicted octanol–water partition coefficient (Wildman–Crippen LogP) is 2.10. The number of nitrogens with zero attached hydrogens (tertiary/aromatic N) is 3. The molecule has 0 spiro atoms. The molecule has 2 heterocycles. The first kappa shape index (κ1) is 11.5. The van der Waals surface area contributed by atoms with Crippen molar-refractivity contribution in [2.45, 2.75) is 13.0 Å².